The van der Waals surface area contributed by atoms with Crippen LogP contribution in [0.1, 0.15) is 51.9 Å². The lowest BCUT2D eigenvalue weighted by Crippen LogP contribution is -2.33. The second kappa shape index (κ2) is 6.55. The second-order valence-electron chi connectivity index (χ2n) is 6.84. The molecule has 0 bridgehead atoms. The summed E-state index contributed by atoms with van der Waals surface area (Å²) in [5, 5.41) is 3.60. The van der Waals surface area contributed by atoms with Gasteiger partial charge in [0, 0.05) is 25.7 Å². The second-order valence-corrected chi connectivity index (χ2v) is 6.84. The van der Waals surface area contributed by atoms with E-state index in [1.165, 1.54) is 64.6 Å². The van der Waals surface area contributed by atoms with Crippen LogP contribution in [-0.4, -0.2) is 49.3 Å². The first-order valence-corrected chi connectivity index (χ1v) is 8.44. The zero-order chi connectivity index (χ0) is 13.1. The van der Waals surface area contributed by atoms with Gasteiger partial charge in [-0.3, -0.25) is 0 Å². The van der Waals surface area contributed by atoms with Crippen molar-refractivity contribution >= 4 is 0 Å². The molecule has 0 aromatic carbocycles. The number of likely N-dealkylation sites (tertiary alicyclic amines) is 1. The van der Waals surface area contributed by atoms with Crippen LogP contribution in [0.15, 0.2) is 0 Å². The summed E-state index contributed by atoms with van der Waals surface area (Å²) in [5.74, 6) is 0.957. The molecule has 2 heterocycles. The Bertz CT molecular complexity index is 280. The van der Waals surface area contributed by atoms with Crippen molar-refractivity contribution in [3.63, 3.8) is 0 Å². The Labute approximate surface area is 118 Å². The number of hydrogen-bond donors (Lipinski definition) is 1. The van der Waals surface area contributed by atoms with E-state index in [1.807, 2.05) is 0 Å². The Kier molecular flexibility index (Phi) is 4.78. The van der Waals surface area contributed by atoms with Crippen LogP contribution in [-0.2, 0) is 4.74 Å². The Morgan fingerprint density at radius 3 is 2.74 bits per heavy atom. The summed E-state index contributed by atoms with van der Waals surface area (Å²) in [4.78, 5) is 2.64. The molecule has 0 aromatic rings. The van der Waals surface area contributed by atoms with Crippen molar-refractivity contribution < 1.29 is 4.74 Å². The number of hydrogen-bond acceptors (Lipinski definition) is 3. The van der Waals surface area contributed by atoms with Crippen molar-refractivity contribution in [2.24, 2.45) is 5.92 Å². The van der Waals surface area contributed by atoms with Gasteiger partial charge in [-0.05, 0) is 51.0 Å². The quantitative estimate of drug-likeness (QED) is 0.766. The zero-order valence-corrected chi connectivity index (χ0v) is 12.4. The van der Waals surface area contributed by atoms with Gasteiger partial charge >= 0.3 is 0 Å². The van der Waals surface area contributed by atoms with E-state index < -0.39 is 0 Å². The monoisotopic (exact) mass is 266 g/mol. The van der Waals surface area contributed by atoms with Crippen LogP contribution in [0.25, 0.3) is 0 Å². The molecule has 110 valence electrons. The van der Waals surface area contributed by atoms with Crippen LogP contribution in [0.2, 0.25) is 0 Å². The molecule has 3 atom stereocenters. The van der Waals surface area contributed by atoms with E-state index in [0.717, 1.165) is 18.5 Å². The van der Waals surface area contributed by atoms with Crippen molar-refractivity contribution in [3.8, 4) is 0 Å². The number of nitrogens with zero attached hydrogens (tertiary/aromatic N) is 1. The lowest BCUT2D eigenvalue weighted by Gasteiger charge is -2.21. The Morgan fingerprint density at radius 2 is 1.95 bits per heavy atom. The molecule has 3 fully saturated rings. The Balaban J connectivity index is 1.32. The molecule has 0 aromatic heterocycles. The largest absolute Gasteiger partial charge is 0.372 e. The van der Waals surface area contributed by atoms with E-state index in [9.17, 15) is 0 Å². The first-order valence-electron chi connectivity index (χ1n) is 8.44. The predicted octanol–water partition coefficient (Wildman–Crippen LogP) is 2.41. The molecular formula is C16H30N2O. The van der Waals surface area contributed by atoms with Crippen LogP contribution in [0.5, 0.6) is 0 Å². The first kappa shape index (κ1) is 13.8. The third kappa shape index (κ3) is 4.17. The number of ether oxygens (including phenoxy) is 1. The minimum absolute atomic E-state index is 0.486. The molecular weight excluding hydrogens is 236 g/mol. The molecule has 2 aliphatic heterocycles. The summed E-state index contributed by atoms with van der Waals surface area (Å²) in [6, 6.07) is 0.816. The SMILES string of the molecule is CCCC1CCN(CC2CCC(CNC3CC3)O2)C1. The normalized spacial score (nSPS) is 36.2. The maximum Gasteiger partial charge on any atom is 0.0707 e. The summed E-state index contributed by atoms with van der Waals surface area (Å²) in [7, 11) is 0. The van der Waals surface area contributed by atoms with Crippen molar-refractivity contribution in [1.82, 2.24) is 10.2 Å². The summed E-state index contributed by atoms with van der Waals surface area (Å²) in [5.41, 5.74) is 0. The van der Waals surface area contributed by atoms with E-state index in [0.29, 0.717) is 12.2 Å². The van der Waals surface area contributed by atoms with E-state index in [-0.39, 0.29) is 0 Å². The molecule has 3 unspecified atom stereocenters. The highest BCUT2D eigenvalue weighted by molar-refractivity contribution is 4.85. The summed E-state index contributed by atoms with van der Waals surface area (Å²) >= 11 is 0. The van der Waals surface area contributed by atoms with Gasteiger partial charge in [-0.15, -0.1) is 0 Å². The van der Waals surface area contributed by atoms with E-state index >= 15 is 0 Å². The van der Waals surface area contributed by atoms with Crippen LogP contribution < -0.4 is 5.32 Å². The number of nitrogens with one attached hydrogen (secondary N) is 1. The maximum atomic E-state index is 6.19. The van der Waals surface area contributed by atoms with Crippen molar-refractivity contribution in [1.29, 1.82) is 0 Å². The molecule has 3 nitrogen and oxygen atoms in total. The summed E-state index contributed by atoms with van der Waals surface area (Å²) in [6.07, 6.45) is 10.4. The van der Waals surface area contributed by atoms with Gasteiger partial charge in [0.05, 0.1) is 12.2 Å². The average molecular weight is 266 g/mol. The van der Waals surface area contributed by atoms with Gasteiger partial charge < -0.3 is 15.0 Å². The van der Waals surface area contributed by atoms with E-state index in [1.54, 1.807) is 0 Å². The maximum absolute atomic E-state index is 6.19. The van der Waals surface area contributed by atoms with Gasteiger partial charge in [-0.1, -0.05) is 13.3 Å². The molecule has 1 saturated carbocycles. The minimum atomic E-state index is 0.486. The van der Waals surface area contributed by atoms with Crippen LogP contribution >= 0.6 is 0 Å². The molecule has 3 heteroatoms. The molecule has 1 aliphatic carbocycles. The van der Waals surface area contributed by atoms with Crippen molar-refractivity contribution in [3.05, 3.63) is 0 Å². The molecule has 0 amide bonds. The van der Waals surface area contributed by atoms with Crippen molar-refractivity contribution in [2.45, 2.75) is 70.1 Å². The highest BCUT2D eigenvalue weighted by Crippen LogP contribution is 2.26. The number of rotatable bonds is 7. The van der Waals surface area contributed by atoms with Gasteiger partial charge in [0.1, 0.15) is 0 Å². The predicted molar refractivity (Wildman–Crippen MR) is 78.4 cm³/mol. The van der Waals surface area contributed by atoms with Gasteiger partial charge in [0.25, 0.3) is 0 Å². The Hall–Kier alpha value is -0.120. The summed E-state index contributed by atoms with van der Waals surface area (Å²) < 4.78 is 6.19. The molecule has 19 heavy (non-hydrogen) atoms. The molecule has 0 radical (unpaired) electrons. The van der Waals surface area contributed by atoms with Crippen molar-refractivity contribution in [2.75, 3.05) is 26.2 Å². The topological polar surface area (TPSA) is 24.5 Å². The highest BCUT2D eigenvalue weighted by atomic mass is 16.5. The summed E-state index contributed by atoms with van der Waals surface area (Å²) in [6.45, 7) is 7.19. The van der Waals surface area contributed by atoms with Crippen LogP contribution in [0, 0.1) is 5.92 Å². The van der Waals surface area contributed by atoms with Gasteiger partial charge in [-0.2, -0.15) is 0 Å². The molecule has 3 rings (SSSR count). The standard InChI is InChI=1S/C16H30N2O/c1-2-3-13-8-9-18(11-13)12-16-7-6-15(19-16)10-17-14-4-5-14/h13-17H,2-12H2,1H3. The van der Waals surface area contributed by atoms with E-state index in [4.69, 9.17) is 4.74 Å². The lowest BCUT2D eigenvalue weighted by atomic mass is 10.0. The fourth-order valence-electron chi connectivity index (χ4n) is 3.66. The smallest absolute Gasteiger partial charge is 0.0707 e. The Morgan fingerprint density at radius 1 is 1.11 bits per heavy atom. The molecule has 2 saturated heterocycles. The van der Waals surface area contributed by atoms with Crippen LogP contribution in [0.4, 0.5) is 0 Å². The fourth-order valence-corrected chi connectivity index (χ4v) is 3.66. The van der Waals surface area contributed by atoms with Crippen LogP contribution in [0.3, 0.4) is 0 Å². The lowest BCUT2D eigenvalue weighted by molar-refractivity contribution is 0.0267. The fraction of sp³-hybridized carbons (Fsp3) is 1.00. The molecule has 0 spiro atoms. The highest BCUT2D eigenvalue weighted by Gasteiger charge is 2.30. The van der Waals surface area contributed by atoms with Gasteiger partial charge in [-0.25, -0.2) is 0 Å². The average Bonchev–Trinajstić information content (AvgIpc) is 2.97. The minimum Gasteiger partial charge on any atom is -0.372 e. The third-order valence-electron chi connectivity index (χ3n) is 4.94. The molecule has 1 N–H and O–H groups in total. The van der Waals surface area contributed by atoms with Gasteiger partial charge in [0.2, 0.25) is 0 Å². The molecule has 3 aliphatic rings. The van der Waals surface area contributed by atoms with Gasteiger partial charge in [0.15, 0.2) is 0 Å². The zero-order valence-electron chi connectivity index (χ0n) is 12.4. The van der Waals surface area contributed by atoms with E-state index in [2.05, 4.69) is 17.1 Å². The first-order chi connectivity index (χ1) is 9.33. The third-order valence-corrected chi connectivity index (χ3v) is 4.94.